The molecule has 5 heteroatoms. The molecule has 2 fully saturated rings. The van der Waals surface area contributed by atoms with Gasteiger partial charge in [0, 0.05) is 13.1 Å². The second kappa shape index (κ2) is 6.57. The molecule has 0 saturated carbocycles. The summed E-state index contributed by atoms with van der Waals surface area (Å²) in [5.41, 5.74) is -0.250. The van der Waals surface area contributed by atoms with Gasteiger partial charge in [-0.15, -0.1) is 0 Å². The van der Waals surface area contributed by atoms with E-state index in [0.717, 1.165) is 51.7 Å². The van der Waals surface area contributed by atoms with E-state index in [9.17, 15) is 9.59 Å². The van der Waals surface area contributed by atoms with E-state index in [1.54, 1.807) is 0 Å². The summed E-state index contributed by atoms with van der Waals surface area (Å²) < 4.78 is 0. The van der Waals surface area contributed by atoms with E-state index < -0.39 is 5.97 Å². The van der Waals surface area contributed by atoms with Gasteiger partial charge in [0.15, 0.2) is 0 Å². The second-order valence-electron chi connectivity index (χ2n) is 6.21. The van der Waals surface area contributed by atoms with Gasteiger partial charge in [0.2, 0.25) is 5.91 Å². The van der Waals surface area contributed by atoms with Crippen LogP contribution in [0.4, 0.5) is 0 Å². The Morgan fingerprint density at radius 3 is 2.65 bits per heavy atom. The van der Waals surface area contributed by atoms with Crippen molar-refractivity contribution in [3.05, 3.63) is 0 Å². The smallest absolute Gasteiger partial charge is 0.308 e. The van der Waals surface area contributed by atoms with Crippen molar-refractivity contribution < 1.29 is 14.7 Å². The van der Waals surface area contributed by atoms with Crippen molar-refractivity contribution in [3.8, 4) is 0 Å². The molecule has 1 amide bonds. The molecule has 2 heterocycles. The van der Waals surface area contributed by atoms with Crippen LogP contribution in [0.3, 0.4) is 0 Å². The first kappa shape index (κ1) is 15.3. The summed E-state index contributed by atoms with van der Waals surface area (Å²) in [7, 11) is 0. The van der Waals surface area contributed by atoms with Crippen LogP contribution in [-0.4, -0.2) is 48.1 Å². The first-order valence-corrected chi connectivity index (χ1v) is 7.82. The fourth-order valence-electron chi connectivity index (χ4n) is 3.65. The van der Waals surface area contributed by atoms with Crippen LogP contribution in [-0.2, 0) is 9.59 Å². The molecule has 2 N–H and O–H groups in total. The topological polar surface area (TPSA) is 69.6 Å². The molecule has 0 radical (unpaired) electrons. The number of likely N-dealkylation sites (tertiary alicyclic amines) is 1. The van der Waals surface area contributed by atoms with E-state index in [4.69, 9.17) is 5.11 Å². The van der Waals surface area contributed by atoms with Crippen molar-refractivity contribution >= 4 is 11.9 Å². The van der Waals surface area contributed by atoms with Crippen LogP contribution in [0.15, 0.2) is 0 Å². The summed E-state index contributed by atoms with van der Waals surface area (Å²) in [6.45, 7) is 5.02. The maximum Gasteiger partial charge on any atom is 0.308 e. The number of nitrogens with zero attached hydrogens (tertiary/aromatic N) is 1. The van der Waals surface area contributed by atoms with Gasteiger partial charge in [-0.05, 0) is 45.2 Å². The van der Waals surface area contributed by atoms with Gasteiger partial charge in [0.1, 0.15) is 0 Å². The van der Waals surface area contributed by atoms with E-state index in [0.29, 0.717) is 13.0 Å². The van der Waals surface area contributed by atoms with Crippen molar-refractivity contribution in [2.24, 2.45) is 11.3 Å². The highest BCUT2D eigenvalue weighted by Crippen LogP contribution is 2.37. The summed E-state index contributed by atoms with van der Waals surface area (Å²) in [4.78, 5) is 25.9. The summed E-state index contributed by atoms with van der Waals surface area (Å²) in [5, 5.41) is 12.5. The molecule has 0 aromatic heterocycles. The molecule has 0 aromatic carbocycles. The van der Waals surface area contributed by atoms with Crippen LogP contribution in [0.2, 0.25) is 0 Å². The van der Waals surface area contributed by atoms with Crippen molar-refractivity contribution in [3.63, 3.8) is 0 Å². The first-order valence-electron chi connectivity index (χ1n) is 7.82. The van der Waals surface area contributed by atoms with E-state index in [1.807, 2.05) is 4.90 Å². The van der Waals surface area contributed by atoms with Crippen molar-refractivity contribution in [2.75, 3.05) is 26.2 Å². The van der Waals surface area contributed by atoms with Crippen LogP contribution in [0, 0.1) is 11.3 Å². The number of aliphatic carboxylic acids is 1. The van der Waals surface area contributed by atoms with Crippen molar-refractivity contribution in [2.45, 2.75) is 45.4 Å². The number of carboxylic acid groups (broad SMARTS) is 1. The lowest BCUT2D eigenvalue weighted by molar-refractivity contribution is -0.151. The highest BCUT2D eigenvalue weighted by atomic mass is 16.4. The van der Waals surface area contributed by atoms with E-state index in [2.05, 4.69) is 12.2 Å². The number of hydrogen-bond donors (Lipinski definition) is 2. The van der Waals surface area contributed by atoms with Gasteiger partial charge in [-0.3, -0.25) is 9.59 Å². The Balaban J connectivity index is 2.08. The number of carboxylic acids is 1. The van der Waals surface area contributed by atoms with Crippen LogP contribution in [0.1, 0.15) is 45.4 Å². The summed E-state index contributed by atoms with van der Waals surface area (Å²) in [6, 6.07) is 0. The van der Waals surface area contributed by atoms with Gasteiger partial charge in [0.25, 0.3) is 0 Å². The SMILES string of the molecule is CCCC1(C(=O)N2CCCC(C(=O)O)C2)CCNCC1. The van der Waals surface area contributed by atoms with Crippen LogP contribution in [0.25, 0.3) is 0 Å². The van der Waals surface area contributed by atoms with Crippen molar-refractivity contribution in [1.29, 1.82) is 0 Å². The van der Waals surface area contributed by atoms with Crippen LogP contribution >= 0.6 is 0 Å². The van der Waals surface area contributed by atoms with E-state index >= 15 is 0 Å². The number of hydrogen-bond acceptors (Lipinski definition) is 3. The third-order valence-electron chi connectivity index (χ3n) is 4.80. The second-order valence-corrected chi connectivity index (χ2v) is 6.21. The van der Waals surface area contributed by atoms with E-state index in [1.165, 1.54) is 0 Å². The maximum atomic E-state index is 12.9. The van der Waals surface area contributed by atoms with Crippen LogP contribution in [0.5, 0.6) is 0 Å². The lowest BCUT2D eigenvalue weighted by atomic mass is 9.73. The molecule has 2 aliphatic heterocycles. The first-order chi connectivity index (χ1) is 9.59. The fourth-order valence-corrected chi connectivity index (χ4v) is 3.65. The highest BCUT2D eigenvalue weighted by molar-refractivity contribution is 5.83. The normalized spacial score (nSPS) is 26.2. The average molecular weight is 282 g/mol. The molecule has 0 bridgehead atoms. The standard InChI is InChI=1S/C15H26N2O3/c1-2-5-15(6-8-16-9-7-15)14(20)17-10-3-4-12(11-17)13(18)19/h12,16H,2-11H2,1H3,(H,18,19). The molecular formula is C15H26N2O3. The van der Waals surface area contributed by atoms with Gasteiger partial charge >= 0.3 is 5.97 Å². The Morgan fingerprint density at radius 2 is 2.05 bits per heavy atom. The molecule has 0 aromatic rings. The number of carbonyl (C=O) groups is 2. The Labute approximate surface area is 120 Å². The quantitative estimate of drug-likeness (QED) is 0.819. The van der Waals surface area contributed by atoms with Gasteiger partial charge < -0.3 is 15.3 Å². The third kappa shape index (κ3) is 3.14. The number of amides is 1. The Hall–Kier alpha value is -1.10. The molecular weight excluding hydrogens is 256 g/mol. The Bertz CT molecular complexity index is 359. The molecule has 2 aliphatic rings. The number of rotatable bonds is 4. The summed E-state index contributed by atoms with van der Waals surface area (Å²) >= 11 is 0. The van der Waals surface area contributed by atoms with Gasteiger partial charge in [0.05, 0.1) is 11.3 Å². The maximum absolute atomic E-state index is 12.9. The predicted octanol–water partition coefficient (Wildman–Crippen LogP) is 1.48. The molecule has 1 unspecified atom stereocenters. The minimum absolute atomic E-state index is 0.201. The van der Waals surface area contributed by atoms with E-state index in [-0.39, 0.29) is 17.2 Å². The van der Waals surface area contributed by atoms with Gasteiger partial charge in [-0.25, -0.2) is 0 Å². The van der Waals surface area contributed by atoms with Gasteiger partial charge in [-0.2, -0.15) is 0 Å². The largest absolute Gasteiger partial charge is 0.481 e. The molecule has 2 saturated heterocycles. The molecule has 2 rings (SSSR count). The number of carbonyl (C=O) groups excluding carboxylic acids is 1. The Morgan fingerprint density at radius 1 is 1.35 bits per heavy atom. The average Bonchev–Trinajstić information content (AvgIpc) is 2.48. The molecule has 20 heavy (non-hydrogen) atoms. The molecule has 114 valence electrons. The molecule has 1 atom stereocenters. The lowest BCUT2D eigenvalue weighted by Gasteiger charge is -2.42. The third-order valence-corrected chi connectivity index (χ3v) is 4.80. The highest BCUT2D eigenvalue weighted by Gasteiger charge is 2.42. The molecule has 0 aliphatic carbocycles. The van der Waals surface area contributed by atoms with Crippen molar-refractivity contribution in [1.82, 2.24) is 10.2 Å². The monoisotopic (exact) mass is 282 g/mol. The number of nitrogens with one attached hydrogen (secondary N) is 1. The zero-order chi connectivity index (χ0) is 14.6. The van der Waals surface area contributed by atoms with Crippen LogP contribution < -0.4 is 5.32 Å². The summed E-state index contributed by atoms with van der Waals surface area (Å²) in [6.07, 6.45) is 5.19. The summed E-state index contributed by atoms with van der Waals surface area (Å²) in [5.74, 6) is -0.947. The Kier molecular flexibility index (Phi) is 5.02. The predicted molar refractivity (Wildman–Crippen MR) is 76.4 cm³/mol. The van der Waals surface area contributed by atoms with Gasteiger partial charge in [-0.1, -0.05) is 13.3 Å². The number of piperidine rings is 2. The minimum atomic E-state index is -0.766. The zero-order valence-corrected chi connectivity index (χ0v) is 12.4. The zero-order valence-electron chi connectivity index (χ0n) is 12.4. The molecule has 5 nitrogen and oxygen atoms in total. The molecule has 0 spiro atoms. The minimum Gasteiger partial charge on any atom is -0.481 e. The lowest BCUT2D eigenvalue weighted by Crippen LogP contribution is -2.52. The fraction of sp³-hybridized carbons (Fsp3) is 0.867.